The summed E-state index contributed by atoms with van der Waals surface area (Å²) in [7, 11) is 1.52. The predicted molar refractivity (Wildman–Crippen MR) is 58.2 cm³/mol. The van der Waals surface area contributed by atoms with Crippen LogP contribution in [0.5, 0.6) is 0 Å². The van der Waals surface area contributed by atoms with Gasteiger partial charge in [0.1, 0.15) is 12.1 Å². The Morgan fingerprint density at radius 2 is 2.13 bits per heavy atom. The molecule has 4 heteroatoms. The van der Waals surface area contributed by atoms with Gasteiger partial charge >= 0.3 is 0 Å². The van der Waals surface area contributed by atoms with E-state index in [0.717, 1.165) is 0 Å². The van der Waals surface area contributed by atoms with E-state index < -0.39 is 5.60 Å². The van der Waals surface area contributed by atoms with Gasteiger partial charge in [-0.2, -0.15) is 5.26 Å². The summed E-state index contributed by atoms with van der Waals surface area (Å²) < 4.78 is 5.23. The molecule has 0 spiro atoms. The zero-order valence-corrected chi connectivity index (χ0v) is 10.2. The third-order valence-electron chi connectivity index (χ3n) is 2.70. The molecule has 15 heavy (non-hydrogen) atoms. The van der Waals surface area contributed by atoms with Crippen molar-refractivity contribution in [2.75, 3.05) is 13.7 Å². The van der Waals surface area contributed by atoms with Crippen LogP contribution in [-0.2, 0) is 9.53 Å². The third kappa shape index (κ3) is 3.21. The number of nitriles is 1. The molecule has 0 rings (SSSR count). The minimum absolute atomic E-state index is 0.0122. The van der Waals surface area contributed by atoms with Gasteiger partial charge in [-0.25, -0.2) is 0 Å². The van der Waals surface area contributed by atoms with Crippen molar-refractivity contribution in [3.8, 4) is 6.07 Å². The molecule has 0 aromatic carbocycles. The number of methoxy groups -OCH3 is 1. The Kier molecular flexibility index (Phi) is 5.31. The summed E-state index contributed by atoms with van der Waals surface area (Å²) in [6.07, 6.45) is 0.594. The molecule has 1 amide bonds. The van der Waals surface area contributed by atoms with E-state index in [9.17, 15) is 4.79 Å². The molecule has 0 aliphatic carbocycles. The Labute approximate surface area is 91.8 Å². The molecule has 0 N–H and O–H groups in total. The Bertz CT molecular complexity index is 252. The first-order valence-corrected chi connectivity index (χ1v) is 5.16. The van der Waals surface area contributed by atoms with Crippen molar-refractivity contribution in [2.24, 2.45) is 0 Å². The normalized spacial score (nSPS) is 14.5. The van der Waals surface area contributed by atoms with Gasteiger partial charge in [0.25, 0.3) is 5.91 Å². The van der Waals surface area contributed by atoms with Crippen molar-refractivity contribution < 1.29 is 9.53 Å². The fourth-order valence-electron chi connectivity index (χ4n) is 1.25. The van der Waals surface area contributed by atoms with Gasteiger partial charge in [0.05, 0.1) is 6.07 Å². The Morgan fingerprint density at radius 1 is 1.60 bits per heavy atom. The maximum Gasteiger partial charge on any atom is 0.255 e. The van der Waals surface area contributed by atoms with E-state index >= 15 is 0 Å². The molecular weight excluding hydrogens is 192 g/mol. The SMILES string of the molecule is CCC(C)(OC)C(=O)N(CC#N)C(C)C. The minimum Gasteiger partial charge on any atom is -0.369 e. The number of carbonyl (C=O) groups excluding carboxylic acids is 1. The van der Waals surface area contributed by atoms with Gasteiger partial charge in [-0.05, 0) is 27.2 Å². The number of hydrogen-bond donors (Lipinski definition) is 0. The monoisotopic (exact) mass is 212 g/mol. The third-order valence-corrected chi connectivity index (χ3v) is 2.70. The van der Waals surface area contributed by atoms with Gasteiger partial charge in [0, 0.05) is 13.2 Å². The van der Waals surface area contributed by atoms with Crippen molar-refractivity contribution in [1.82, 2.24) is 4.90 Å². The second-order valence-corrected chi connectivity index (χ2v) is 3.97. The van der Waals surface area contributed by atoms with Crippen LogP contribution in [0, 0.1) is 11.3 Å². The van der Waals surface area contributed by atoms with Crippen molar-refractivity contribution >= 4 is 5.91 Å². The molecule has 0 saturated carbocycles. The average Bonchev–Trinajstić information content (AvgIpc) is 2.23. The summed E-state index contributed by atoms with van der Waals surface area (Å²) in [6, 6.07) is 2.01. The highest BCUT2D eigenvalue weighted by molar-refractivity contribution is 5.85. The zero-order valence-electron chi connectivity index (χ0n) is 10.2. The molecule has 0 heterocycles. The largest absolute Gasteiger partial charge is 0.369 e. The van der Waals surface area contributed by atoms with Crippen LogP contribution in [0.15, 0.2) is 0 Å². The minimum atomic E-state index is -0.818. The number of rotatable bonds is 5. The summed E-state index contributed by atoms with van der Waals surface area (Å²) in [4.78, 5) is 13.6. The standard InChI is InChI=1S/C11H20N2O2/c1-6-11(4,15-5)10(14)13(8-7-12)9(2)3/h9H,6,8H2,1-5H3. The van der Waals surface area contributed by atoms with Crippen LogP contribution in [-0.4, -0.2) is 36.1 Å². The Morgan fingerprint density at radius 3 is 2.40 bits per heavy atom. The van der Waals surface area contributed by atoms with E-state index in [0.29, 0.717) is 6.42 Å². The fourth-order valence-corrected chi connectivity index (χ4v) is 1.25. The Balaban J connectivity index is 4.85. The highest BCUT2D eigenvalue weighted by atomic mass is 16.5. The van der Waals surface area contributed by atoms with Crippen molar-refractivity contribution in [3.05, 3.63) is 0 Å². The summed E-state index contributed by atoms with van der Waals surface area (Å²) >= 11 is 0. The van der Waals surface area contributed by atoms with Crippen molar-refractivity contribution in [3.63, 3.8) is 0 Å². The van der Waals surface area contributed by atoms with Crippen molar-refractivity contribution in [2.45, 2.75) is 45.8 Å². The summed E-state index contributed by atoms with van der Waals surface area (Å²) in [5.41, 5.74) is -0.818. The molecule has 1 atom stereocenters. The van der Waals surface area contributed by atoms with Crippen LogP contribution in [0.3, 0.4) is 0 Å². The topological polar surface area (TPSA) is 53.3 Å². The molecule has 0 aromatic rings. The van der Waals surface area contributed by atoms with Crippen LogP contribution in [0.25, 0.3) is 0 Å². The summed E-state index contributed by atoms with van der Waals surface area (Å²) in [5, 5.41) is 8.66. The van der Waals surface area contributed by atoms with Gasteiger partial charge in [-0.3, -0.25) is 4.79 Å². The zero-order chi connectivity index (χ0) is 12.1. The second kappa shape index (κ2) is 5.72. The summed E-state index contributed by atoms with van der Waals surface area (Å²) in [5.74, 6) is -0.121. The molecule has 0 aromatic heterocycles. The first-order valence-electron chi connectivity index (χ1n) is 5.16. The summed E-state index contributed by atoms with van der Waals surface area (Å²) in [6.45, 7) is 7.53. The molecule has 0 bridgehead atoms. The molecule has 0 radical (unpaired) electrons. The second-order valence-electron chi connectivity index (χ2n) is 3.97. The number of amides is 1. The smallest absolute Gasteiger partial charge is 0.255 e. The van der Waals surface area contributed by atoms with E-state index in [4.69, 9.17) is 10.00 Å². The first kappa shape index (κ1) is 13.9. The molecule has 4 nitrogen and oxygen atoms in total. The fraction of sp³-hybridized carbons (Fsp3) is 0.818. The number of ether oxygens (including phenoxy) is 1. The van der Waals surface area contributed by atoms with Gasteiger partial charge in [-0.15, -0.1) is 0 Å². The number of hydrogen-bond acceptors (Lipinski definition) is 3. The predicted octanol–water partition coefficient (Wildman–Crippen LogP) is 1.56. The molecule has 0 saturated heterocycles. The lowest BCUT2D eigenvalue weighted by atomic mass is 10.0. The first-order chi connectivity index (χ1) is 6.92. The average molecular weight is 212 g/mol. The molecule has 1 unspecified atom stereocenters. The van der Waals surface area contributed by atoms with E-state index in [-0.39, 0.29) is 18.5 Å². The quantitative estimate of drug-likeness (QED) is 0.650. The van der Waals surface area contributed by atoms with Gasteiger partial charge < -0.3 is 9.64 Å². The van der Waals surface area contributed by atoms with Crippen LogP contribution in [0.2, 0.25) is 0 Å². The van der Waals surface area contributed by atoms with Crippen LogP contribution in [0.1, 0.15) is 34.1 Å². The molecule has 86 valence electrons. The van der Waals surface area contributed by atoms with Gasteiger partial charge in [0.15, 0.2) is 0 Å². The highest BCUT2D eigenvalue weighted by Crippen LogP contribution is 2.18. The molecule has 0 fully saturated rings. The number of nitrogens with zero attached hydrogens (tertiary/aromatic N) is 2. The van der Waals surface area contributed by atoms with E-state index in [1.54, 1.807) is 6.92 Å². The number of carbonyl (C=O) groups is 1. The maximum absolute atomic E-state index is 12.1. The molecule has 0 aliphatic rings. The maximum atomic E-state index is 12.1. The van der Waals surface area contributed by atoms with Crippen LogP contribution < -0.4 is 0 Å². The lowest BCUT2D eigenvalue weighted by molar-refractivity contribution is -0.154. The lowest BCUT2D eigenvalue weighted by Gasteiger charge is -2.33. The van der Waals surface area contributed by atoms with Gasteiger partial charge in [0.2, 0.25) is 0 Å². The van der Waals surface area contributed by atoms with E-state index in [1.165, 1.54) is 12.0 Å². The van der Waals surface area contributed by atoms with Gasteiger partial charge in [-0.1, -0.05) is 6.92 Å². The van der Waals surface area contributed by atoms with E-state index in [2.05, 4.69) is 0 Å². The molecule has 0 aliphatic heterocycles. The molecular formula is C11H20N2O2. The lowest BCUT2D eigenvalue weighted by Crippen LogP contribution is -2.50. The Hall–Kier alpha value is -1.08. The van der Waals surface area contributed by atoms with Crippen LogP contribution >= 0.6 is 0 Å². The van der Waals surface area contributed by atoms with Crippen molar-refractivity contribution in [1.29, 1.82) is 5.26 Å². The highest BCUT2D eigenvalue weighted by Gasteiger charge is 2.35. The van der Waals surface area contributed by atoms with E-state index in [1.807, 2.05) is 26.8 Å². The van der Waals surface area contributed by atoms with Crippen LogP contribution in [0.4, 0.5) is 0 Å².